The van der Waals surface area contributed by atoms with Crippen molar-refractivity contribution in [3.05, 3.63) is 83.6 Å². The number of carbonyl (C=O) groups is 1. The Bertz CT molecular complexity index is 1120. The number of halogens is 1. The van der Waals surface area contributed by atoms with Gasteiger partial charge in [-0.3, -0.25) is 4.79 Å². The second-order valence-corrected chi connectivity index (χ2v) is 6.67. The Morgan fingerprint density at radius 3 is 2.28 bits per heavy atom. The second-order valence-electron chi connectivity index (χ2n) is 5.89. The van der Waals surface area contributed by atoms with Gasteiger partial charge in [-0.25, -0.2) is 15.0 Å². The van der Waals surface area contributed by atoms with Crippen molar-refractivity contribution in [2.24, 2.45) is 0 Å². The van der Waals surface area contributed by atoms with E-state index in [0.29, 0.717) is 27.8 Å². The highest BCUT2D eigenvalue weighted by Gasteiger charge is 2.10. The number of anilines is 5. The van der Waals surface area contributed by atoms with Gasteiger partial charge in [0.05, 0.1) is 0 Å². The summed E-state index contributed by atoms with van der Waals surface area (Å²) < 4.78 is 5.75. The Balaban J connectivity index is 1.40. The monoisotopic (exact) mass is 450 g/mol. The Kier molecular flexibility index (Phi) is 5.48. The summed E-state index contributed by atoms with van der Waals surface area (Å²) in [6.07, 6.45) is 3.16. The van der Waals surface area contributed by atoms with Crippen LogP contribution in [-0.2, 0) is 0 Å². The van der Waals surface area contributed by atoms with Crippen molar-refractivity contribution in [3.63, 3.8) is 0 Å². The van der Waals surface area contributed by atoms with E-state index in [0.717, 1.165) is 5.69 Å². The third kappa shape index (κ3) is 4.96. The summed E-state index contributed by atoms with van der Waals surface area (Å²) in [7, 11) is 0. The lowest BCUT2D eigenvalue weighted by Gasteiger charge is -2.09. The first-order valence-corrected chi connectivity index (χ1v) is 9.39. The number of pyridine rings is 1. The van der Waals surface area contributed by atoms with Crippen LogP contribution in [0.15, 0.2) is 82.3 Å². The van der Waals surface area contributed by atoms with Crippen molar-refractivity contribution >= 4 is 50.7 Å². The quantitative estimate of drug-likeness (QED) is 0.380. The molecule has 0 aliphatic rings. The number of amides is 1. The molecule has 1 amide bonds. The molecule has 4 aromatic rings. The van der Waals surface area contributed by atoms with Crippen molar-refractivity contribution in [2.45, 2.75) is 0 Å². The highest BCUT2D eigenvalue weighted by Crippen LogP contribution is 2.21. The molecule has 0 bridgehead atoms. The molecule has 144 valence electrons. The molecule has 9 heteroatoms. The predicted molar refractivity (Wildman–Crippen MR) is 114 cm³/mol. The van der Waals surface area contributed by atoms with E-state index in [4.69, 9.17) is 4.42 Å². The normalized spacial score (nSPS) is 10.4. The largest absolute Gasteiger partial charge is 0.444 e. The zero-order valence-electron chi connectivity index (χ0n) is 15.0. The van der Waals surface area contributed by atoms with Crippen LogP contribution in [-0.4, -0.2) is 20.9 Å². The van der Waals surface area contributed by atoms with Crippen molar-refractivity contribution in [2.75, 3.05) is 16.0 Å². The number of nitrogens with zero attached hydrogens (tertiary/aromatic N) is 3. The van der Waals surface area contributed by atoms with Gasteiger partial charge in [-0.2, -0.15) is 0 Å². The van der Waals surface area contributed by atoms with Crippen molar-refractivity contribution in [3.8, 4) is 0 Å². The van der Waals surface area contributed by atoms with Crippen LogP contribution in [0.25, 0.3) is 0 Å². The van der Waals surface area contributed by atoms with Crippen LogP contribution in [0.2, 0.25) is 0 Å². The molecule has 0 aliphatic heterocycles. The first kappa shape index (κ1) is 18.6. The molecule has 4 rings (SSSR count). The van der Waals surface area contributed by atoms with E-state index in [1.54, 1.807) is 36.5 Å². The van der Waals surface area contributed by atoms with Gasteiger partial charge in [0.2, 0.25) is 0 Å². The van der Waals surface area contributed by atoms with Crippen molar-refractivity contribution in [1.82, 2.24) is 15.0 Å². The maximum atomic E-state index is 12.1. The molecule has 0 spiro atoms. The molecule has 0 radical (unpaired) electrons. The molecule has 0 saturated carbocycles. The van der Waals surface area contributed by atoms with Gasteiger partial charge in [0, 0.05) is 23.6 Å². The Labute approximate surface area is 174 Å². The van der Waals surface area contributed by atoms with Crippen molar-refractivity contribution in [1.29, 1.82) is 0 Å². The fourth-order valence-corrected chi connectivity index (χ4v) is 2.78. The van der Waals surface area contributed by atoms with E-state index in [-0.39, 0.29) is 11.7 Å². The van der Waals surface area contributed by atoms with E-state index in [2.05, 4.69) is 46.8 Å². The average molecular weight is 451 g/mol. The molecule has 3 aromatic heterocycles. The number of hydrogen-bond acceptors (Lipinski definition) is 7. The first-order chi connectivity index (χ1) is 14.2. The van der Waals surface area contributed by atoms with Gasteiger partial charge in [0.25, 0.3) is 5.91 Å². The summed E-state index contributed by atoms with van der Waals surface area (Å²) in [4.78, 5) is 24.7. The minimum atomic E-state index is -0.322. The zero-order chi connectivity index (χ0) is 20.1. The number of benzene rings is 1. The average Bonchev–Trinajstić information content (AvgIpc) is 3.17. The molecule has 0 fully saturated rings. The van der Waals surface area contributed by atoms with Gasteiger partial charge in [-0.05, 0) is 64.5 Å². The fourth-order valence-electron chi connectivity index (χ4n) is 2.48. The minimum absolute atomic E-state index is 0.230. The summed E-state index contributed by atoms with van der Waals surface area (Å²) in [6, 6.07) is 17.9. The lowest BCUT2D eigenvalue weighted by molar-refractivity contribution is 0.0995. The minimum Gasteiger partial charge on any atom is -0.444 e. The van der Waals surface area contributed by atoms with Gasteiger partial charge >= 0.3 is 0 Å². The zero-order valence-corrected chi connectivity index (χ0v) is 16.6. The fraction of sp³-hybridized carbons (Fsp3) is 0. The number of carbonyl (C=O) groups excluding carboxylic acids is 1. The molecular formula is C20H15BrN6O2. The summed E-state index contributed by atoms with van der Waals surface area (Å²) >= 11 is 3.18. The van der Waals surface area contributed by atoms with Gasteiger partial charge in [0.15, 0.2) is 10.4 Å². The topological polar surface area (TPSA) is 105 Å². The van der Waals surface area contributed by atoms with Gasteiger partial charge in [-0.15, -0.1) is 0 Å². The van der Waals surface area contributed by atoms with Crippen LogP contribution in [0.5, 0.6) is 0 Å². The van der Waals surface area contributed by atoms with E-state index in [1.165, 1.54) is 6.33 Å². The van der Waals surface area contributed by atoms with Crippen LogP contribution in [0.1, 0.15) is 10.6 Å². The second kappa shape index (κ2) is 8.53. The molecule has 29 heavy (non-hydrogen) atoms. The van der Waals surface area contributed by atoms with Crippen LogP contribution >= 0.6 is 15.9 Å². The standard InChI is InChI=1S/C20H15BrN6O2/c21-16-9-8-15(29-16)20(28)26-14-6-4-13(5-7-14)25-18-11-19(24-12-23-18)27-17-3-1-2-10-22-17/h1-12H,(H,26,28)(H2,22,23,24,25,27). The highest BCUT2D eigenvalue weighted by molar-refractivity contribution is 9.10. The molecule has 0 saturated heterocycles. The van der Waals surface area contributed by atoms with Crippen LogP contribution in [0.4, 0.5) is 28.8 Å². The highest BCUT2D eigenvalue weighted by atomic mass is 79.9. The number of furan rings is 1. The smallest absolute Gasteiger partial charge is 0.291 e. The van der Waals surface area contributed by atoms with Gasteiger partial charge in [0.1, 0.15) is 23.8 Å². The SMILES string of the molecule is O=C(Nc1ccc(Nc2cc(Nc3ccccn3)ncn2)cc1)c1ccc(Br)o1. The molecule has 3 N–H and O–H groups in total. The maximum absolute atomic E-state index is 12.1. The lowest BCUT2D eigenvalue weighted by Crippen LogP contribution is -2.10. The maximum Gasteiger partial charge on any atom is 0.291 e. The molecule has 0 atom stereocenters. The molecule has 0 aliphatic carbocycles. The summed E-state index contributed by atoms with van der Waals surface area (Å²) in [5.74, 6) is 1.84. The van der Waals surface area contributed by atoms with Crippen molar-refractivity contribution < 1.29 is 9.21 Å². The molecule has 3 heterocycles. The van der Waals surface area contributed by atoms with Crippen LogP contribution < -0.4 is 16.0 Å². The predicted octanol–water partition coefficient (Wildman–Crippen LogP) is 4.97. The number of rotatable bonds is 6. The number of aromatic nitrogens is 3. The summed E-state index contributed by atoms with van der Waals surface area (Å²) in [5, 5.41) is 9.09. The van der Waals surface area contributed by atoms with Crippen LogP contribution in [0, 0.1) is 0 Å². The number of hydrogen-bond donors (Lipinski definition) is 3. The van der Waals surface area contributed by atoms with E-state index in [1.807, 2.05) is 30.3 Å². The Morgan fingerprint density at radius 1 is 0.828 bits per heavy atom. The molecular weight excluding hydrogens is 436 g/mol. The van der Waals surface area contributed by atoms with Crippen LogP contribution in [0.3, 0.4) is 0 Å². The summed E-state index contributed by atoms with van der Waals surface area (Å²) in [6.45, 7) is 0. The number of nitrogens with one attached hydrogen (secondary N) is 3. The summed E-state index contributed by atoms with van der Waals surface area (Å²) in [5.41, 5.74) is 1.46. The molecule has 8 nitrogen and oxygen atoms in total. The van der Waals surface area contributed by atoms with E-state index < -0.39 is 0 Å². The van der Waals surface area contributed by atoms with Gasteiger partial charge in [-0.1, -0.05) is 6.07 Å². The third-order valence-electron chi connectivity index (χ3n) is 3.80. The van der Waals surface area contributed by atoms with E-state index >= 15 is 0 Å². The molecule has 0 unspecified atom stereocenters. The first-order valence-electron chi connectivity index (χ1n) is 8.59. The Hall–Kier alpha value is -3.72. The molecule has 1 aromatic carbocycles. The Morgan fingerprint density at radius 2 is 1.59 bits per heavy atom. The van der Waals surface area contributed by atoms with E-state index in [9.17, 15) is 4.79 Å². The lowest BCUT2D eigenvalue weighted by atomic mass is 10.2. The third-order valence-corrected chi connectivity index (χ3v) is 4.23. The van der Waals surface area contributed by atoms with Gasteiger partial charge < -0.3 is 20.4 Å².